The molecule has 1 aromatic rings. The predicted octanol–water partition coefficient (Wildman–Crippen LogP) is 0.902. The van der Waals surface area contributed by atoms with Gasteiger partial charge in [-0.25, -0.2) is 0 Å². The maximum absolute atomic E-state index is 11.6. The second kappa shape index (κ2) is 4.02. The molecule has 5 nitrogen and oxygen atoms in total. The molecule has 1 aromatic heterocycles. The molecular weight excluding hydrogens is 202 g/mol. The summed E-state index contributed by atoms with van der Waals surface area (Å²) in [4.78, 5) is 11.6. The molecule has 1 aliphatic heterocycles. The summed E-state index contributed by atoms with van der Waals surface area (Å²) in [6.07, 6.45) is 2.15. The number of carbonyl (C=O) groups excluding carboxylic acids is 1. The van der Waals surface area contributed by atoms with Crippen molar-refractivity contribution < 1.29 is 9.53 Å². The fourth-order valence-electron chi connectivity index (χ4n) is 1.45. The Morgan fingerprint density at radius 3 is 3.21 bits per heavy atom. The van der Waals surface area contributed by atoms with E-state index in [1.54, 1.807) is 0 Å². The minimum absolute atomic E-state index is 0.0962. The van der Waals surface area contributed by atoms with Crippen LogP contribution in [0, 0.1) is 5.92 Å². The zero-order valence-corrected chi connectivity index (χ0v) is 8.58. The number of hydrogen-bond donors (Lipinski definition) is 1. The Kier molecular flexibility index (Phi) is 2.74. The number of ether oxygens (including phenoxy) is 1. The summed E-state index contributed by atoms with van der Waals surface area (Å²) >= 11 is 1.16. The maximum Gasteiger partial charge on any atom is 0.254 e. The van der Waals surface area contributed by atoms with Crippen LogP contribution in [-0.2, 0) is 9.53 Å². The molecule has 14 heavy (non-hydrogen) atoms. The number of carbonyl (C=O) groups is 1. The van der Waals surface area contributed by atoms with Crippen molar-refractivity contribution in [2.75, 3.05) is 11.9 Å². The van der Waals surface area contributed by atoms with Crippen LogP contribution >= 0.6 is 11.5 Å². The highest BCUT2D eigenvalue weighted by atomic mass is 32.1. The molecule has 2 rings (SSSR count). The number of aromatic nitrogens is 2. The van der Waals surface area contributed by atoms with E-state index in [2.05, 4.69) is 14.9 Å². The van der Waals surface area contributed by atoms with Gasteiger partial charge in [0, 0.05) is 18.1 Å². The molecule has 0 aromatic carbocycles. The second-order valence-corrected chi connectivity index (χ2v) is 4.11. The Morgan fingerprint density at radius 2 is 2.64 bits per heavy atom. The predicted molar refractivity (Wildman–Crippen MR) is 52.1 cm³/mol. The molecule has 1 aliphatic rings. The molecule has 0 radical (unpaired) electrons. The molecule has 0 saturated carbocycles. The third kappa shape index (κ3) is 1.91. The molecule has 0 aliphatic carbocycles. The first-order chi connectivity index (χ1) is 6.77. The molecule has 1 fully saturated rings. The van der Waals surface area contributed by atoms with Crippen LogP contribution in [0.2, 0.25) is 0 Å². The second-order valence-electron chi connectivity index (χ2n) is 3.33. The molecule has 0 spiro atoms. The van der Waals surface area contributed by atoms with Gasteiger partial charge in [-0.1, -0.05) is 11.4 Å². The van der Waals surface area contributed by atoms with E-state index in [4.69, 9.17) is 4.74 Å². The first kappa shape index (κ1) is 9.54. The molecule has 0 unspecified atom stereocenters. The molecule has 1 N–H and O–H groups in total. The lowest BCUT2D eigenvalue weighted by atomic mass is 10.0. The highest BCUT2D eigenvalue weighted by Gasteiger charge is 2.30. The molecule has 0 bridgehead atoms. The maximum atomic E-state index is 11.6. The Labute approximate surface area is 85.6 Å². The molecule has 1 amide bonds. The number of nitrogens with one attached hydrogen (secondary N) is 1. The first-order valence-corrected chi connectivity index (χ1v) is 5.24. The van der Waals surface area contributed by atoms with Gasteiger partial charge in [0.1, 0.15) is 11.1 Å². The van der Waals surface area contributed by atoms with Crippen molar-refractivity contribution in [3.63, 3.8) is 0 Å². The van der Waals surface area contributed by atoms with Gasteiger partial charge in [-0.2, -0.15) is 0 Å². The first-order valence-electron chi connectivity index (χ1n) is 4.47. The Bertz CT molecular complexity index is 314. The topological polar surface area (TPSA) is 64.1 Å². The van der Waals surface area contributed by atoms with Crippen LogP contribution in [0.5, 0.6) is 0 Å². The lowest BCUT2D eigenvalue weighted by Crippen LogP contribution is -2.30. The SMILES string of the molecule is C[C@@H]1CCO[C@H]1C(=O)Nc1cnns1. The van der Waals surface area contributed by atoms with Crippen LogP contribution in [0.15, 0.2) is 6.20 Å². The molecule has 1 saturated heterocycles. The number of rotatable bonds is 2. The minimum atomic E-state index is -0.322. The highest BCUT2D eigenvalue weighted by molar-refractivity contribution is 7.10. The van der Waals surface area contributed by atoms with Gasteiger partial charge >= 0.3 is 0 Å². The molecule has 2 heterocycles. The number of nitrogens with zero attached hydrogens (tertiary/aromatic N) is 2. The van der Waals surface area contributed by atoms with Crippen LogP contribution < -0.4 is 5.32 Å². The summed E-state index contributed by atoms with van der Waals surface area (Å²) in [6, 6.07) is 0. The van der Waals surface area contributed by atoms with E-state index in [0.29, 0.717) is 11.6 Å². The number of amides is 1. The summed E-state index contributed by atoms with van der Waals surface area (Å²) in [5, 5.41) is 7.02. The molecular formula is C8H11N3O2S. The van der Waals surface area contributed by atoms with Gasteiger partial charge in [0.05, 0.1) is 6.20 Å². The summed E-state index contributed by atoms with van der Waals surface area (Å²) in [7, 11) is 0. The van der Waals surface area contributed by atoms with Gasteiger partial charge < -0.3 is 10.1 Å². The van der Waals surface area contributed by atoms with Crippen molar-refractivity contribution in [2.45, 2.75) is 19.4 Å². The Morgan fingerprint density at radius 1 is 1.79 bits per heavy atom. The average molecular weight is 213 g/mol. The van der Waals surface area contributed by atoms with Crippen molar-refractivity contribution in [1.82, 2.24) is 9.59 Å². The van der Waals surface area contributed by atoms with E-state index in [9.17, 15) is 4.79 Å². The van der Waals surface area contributed by atoms with E-state index in [1.807, 2.05) is 6.92 Å². The zero-order valence-electron chi connectivity index (χ0n) is 7.77. The Balaban J connectivity index is 1.95. The number of anilines is 1. The van der Waals surface area contributed by atoms with Gasteiger partial charge in [-0.15, -0.1) is 5.10 Å². The smallest absolute Gasteiger partial charge is 0.254 e. The van der Waals surface area contributed by atoms with E-state index >= 15 is 0 Å². The quantitative estimate of drug-likeness (QED) is 0.792. The van der Waals surface area contributed by atoms with Gasteiger partial charge in [0.25, 0.3) is 5.91 Å². The number of hydrogen-bond acceptors (Lipinski definition) is 5. The lowest BCUT2D eigenvalue weighted by molar-refractivity contribution is -0.126. The molecule has 2 atom stereocenters. The van der Waals surface area contributed by atoms with Gasteiger partial charge in [-0.3, -0.25) is 4.79 Å². The normalized spacial score (nSPS) is 26.4. The summed E-state index contributed by atoms with van der Waals surface area (Å²) in [5.41, 5.74) is 0. The average Bonchev–Trinajstić information content (AvgIpc) is 2.75. The summed E-state index contributed by atoms with van der Waals surface area (Å²) in [5.74, 6) is 0.192. The van der Waals surface area contributed by atoms with Crippen LogP contribution in [-0.4, -0.2) is 28.2 Å². The van der Waals surface area contributed by atoms with Gasteiger partial charge in [0.15, 0.2) is 0 Å². The van der Waals surface area contributed by atoms with Crippen molar-refractivity contribution in [2.24, 2.45) is 5.92 Å². The van der Waals surface area contributed by atoms with E-state index in [-0.39, 0.29) is 17.9 Å². The highest BCUT2D eigenvalue weighted by Crippen LogP contribution is 2.21. The van der Waals surface area contributed by atoms with Crippen molar-refractivity contribution >= 4 is 22.4 Å². The zero-order chi connectivity index (χ0) is 9.97. The molecule has 76 valence electrons. The van der Waals surface area contributed by atoms with E-state index in [1.165, 1.54) is 6.20 Å². The monoisotopic (exact) mass is 213 g/mol. The van der Waals surface area contributed by atoms with Crippen LogP contribution in [0.25, 0.3) is 0 Å². The standard InChI is InChI=1S/C8H11N3O2S/c1-5-2-3-13-7(5)8(12)10-6-4-9-11-14-6/h4-5,7H,2-3H2,1H3,(H,10,12)/t5-,7-/m1/s1. The minimum Gasteiger partial charge on any atom is -0.368 e. The van der Waals surface area contributed by atoms with Gasteiger partial charge in [0.2, 0.25) is 0 Å². The van der Waals surface area contributed by atoms with Crippen LogP contribution in [0.1, 0.15) is 13.3 Å². The Hall–Kier alpha value is -1.01. The summed E-state index contributed by atoms with van der Waals surface area (Å²) < 4.78 is 8.98. The third-order valence-electron chi connectivity index (χ3n) is 2.25. The van der Waals surface area contributed by atoms with Crippen LogP contribution in [0.3, 0.4) is 0 Å². The van der Waals surface area contributed by atoms with Crippen molar-refractivity contribution in [3.05, 3.63) is 6.20 Å². The third-order valence-corrected chi connectivity index (χ3v) is 2.83. The lowest BCUT2D eigenvalue weighted by Gasteiger charge is -2.12. The van der Waals surface area contributed by atoms with E-state index in [0.717, 1.165) is 18.0 Å². The summed E-state index contributed by atoms with van der Waals surface area (Å²) in [6.45, 7) is 2.68. The fourth-order valence-corrected chi connectivity index (χ4v) is 1.87. The van der Waals surface area contributed by atoms with Crippen LogP contribution in [0.4, 0.5) is 5.00 Å². The van der Waals surface area contributed by atoms with E-state index < -0.39 is 0 Å². The fraction of sp³-hybridized carbons (Fsp3) is 0.625. The van der Waals surface area contributed by atoms with Gasteiger partial charge in [-0.05, 0) is 12.3 Å². The van der Waals surface area contributed by atoms with Crippen molar-refractivity contribution in [3.8, 4) is 0 Å². The largest absolute Gasteiger partial charge is 0.368 e. The van der Waals surface area contributed by atoms with Crippen molar-refractivity contribution in [1.29, 1.82) is 0 Å². The molecule has 6 heteroatoms.